The molecule has 0 radical (unpaired) electrons. The van der Waals surface area contributed by atoms with E-state index in [-0.39, 0.29) is 30.0 Å². The molecule has 2 amide bonds. The molecule has 2 rings (SSSR count). The van der Waals surface area contributed by atoms with Crippen molar-refractivity contribution in [1.29, 1.82) is 0 Å². The third-order valence-electron chi connectivity index (χ3n) is 3.31. The molecule has 0 aliphatic heterocycles. The van der Waals surface area contributed by atoms with E-state index in [4.69, 9.17) is 0 Å². The number of hydrogen-bond donors (Lipinski definition) is 2. The Labute approximate surface area is 140 Å². The number of carbonyl (C=O) groups excluding carboxylic acids is 2. The van der Waals surface area contributed by atoms with Gasteiger partial charge in [-0.15, -0.1) is 0 Å². The molecular formula is C18H21N3O3. The number of nitrogens with zero attached hydrogens (tertiary/aromatic N) is 1. The maximum atomic E-state index is 12.0. The highest BCUT2D eigenvalue weighted by molar-refractivity contribution is 5.94. The Balaban J connectivity index is 2.01. The van der Waals surface area contributed by atoms with Gasteiger partial charge in [0.2, 0.25) is 5.91 Å². The second-order valence-electron chi connectivity index (χ2n) is 5.77. The van der Waals surface area contributed by atoms with Crippen LogP contribution in [0.2, 0.25) is 0 Å². The Kier molecular flexibility index (Phi) is 5.89. The first-order valence-electron chi connectivity index (χ1n) is 7.77. The average Bonchev–Trinajstić information content (AvgIpc) is 2.55. The fourth-order valence-corrected chi connectivity index (χ4v) is 2.14. The minimum absolute atomic E-state index is 0.00736. The van der Waals surface area contributed by atoms with Gasteiger partial charge in [0.25, 0.3) is 11.5 Å². The van der Waals surface area contributed by atoms with Gasteiger partial charge < -0.3 is 15.2 Å². The van der Waals surface area contributed by atoms with E-state index in [0.717, 1.165) is 5.56 Å². The fourth-order valence-electron chi connectivity index (χ4n) is 2.14. The second kappa shape index (κ2) is 8.10. The first kappa shape index (κ1) is 17.5. The summed E-state index contributed by atoms with van der Waals surface area (Å²) < 4.78 is 1.23. The van der Waals surface area contributed by atoms with Crippen LogP contribution >= 0.6 is 0 Å². The molecule has 0 bridgehead atoms. The van der Waals surface area contributed by atoms with Gasteiger partial charge >= 0.3 is 0 Å². The summed E-state index contributed by atoms with van der Waals surface area (Å²) in [5.74, 6) is -0.564. The van der Waals surface area contributed by atoms with Crippen molar-refractivity contribution in [3.05, 3.63) is 70.1 Å². The summed E-state index contributed by atoms with van der Waals surface area (Å²) in [4.78, 5) is 35.9. The largest absolute Gasteiger partial charge is 0.350 e. The minimum atomic E-state index is -0.328. The van der Waals surface area contributed by atoms with Crippen molar-refractivity contribution in [2.75, 3.05) is 0 Å². The van der Waals surface area contributed by atoms with Gasteiger partial charge in [-0.1, -0.05) is 30.3 Å². The zero-order valence-corrected chi connectivity index (χ0v) is 13.8. The predicted octanol–water partition coefficient (Wildman–Crippen LogP) is 1.30. The van der Waals surface area contributed by atoms with Crippen molar-refractivity contribution >= 4 is 11.8 Å². The van der Waals surface area contributed by atoms with Gasteiger partial charge in [0.15, 0.2) is 0 Å². The van der Waals surface area contributed by atoms with Crippen molar-refractivity contribution in [2.45, 2.75) is 33.0 Å². The summed E-state index contributed by atoms with van der Waals surface area (Å²) >= 11 is 0. The standard InChI is InChI=1S/C18H21N3O3/c1-13(2)20-18(24)15-8-9-17(23)21(11-15)12-16(22)19-10-14-6-4-3-5-7-14/h3-9,11,13H,10,12H2,1-2H3,(H,19,22)(H,20,24). The van der Waals surface area contributed by atoms with Crippen LogP contribution in [0, 0.1) is 0 Å². The van der Waals surface area contributed by atoms with E-state index in [9.17, 15) is 14.4 Å². The van der Waals surface area contributed by atoms with Crippen molar-refractivity contribution < 1.29 is 9.59 Å². The van der Waals surface area contributed by atoms with Crippen LogP contribution in [0.5, 0.6) is 0 Å². The molecule has 0 aliphatic rings. The molecule has 1 heterocycles. The fraction of sp³-hybridized carbons (Fsp3) is 0.278. The molecular weight excluding hydrogens is 306 g/mol. The predicted molar refractivity (Wildman–Crippen MR) is 91.6 cm³/mol. The van der Waals surface area contributed by atoms with E-state index in [2.05, 4.69) is 10.6 Å². The van der Waals surface area contributed by atoms with Gasteiger partial charge in [-0.2, -0.15) is 0 Å². The highest BCUT2D eigenvalue weighted by Crippen LogP contribution is 1.99. The summed E-state index contributed by atoms with van der Waals surface area (Å²) in [6, 6.07) is 12.2. The Morgan fingerprint density at radius 2 is 1.79 bits per heavy atom. The van der Waals surface area contributed by atoms with E-state index in [1.165, 1.54) is 22.9 Å². The van der Waals surface area contributed by atoms with Gasteiger partial charge in [-0.05, 0) is 25.5 Å². The van der Waals surface area contributed by atoms with Gasteiger partial charge in [-0.3, -0.25) is 14.4 Å². The molecule has 0 unspecified atom stereocenters. The minimum Gasteiger partial charge on any atom is -0.350 e. The van der Waals surface area contributed by atoms with Crippen LogP contribution in [0.25, 0.3) is 0 Å². The van der Waals surface area contributed by atoms with Gasteiger partial charge in [0, 0.05) is 24.8 Å². The molecule has 0 atom stereocenters. The van der Waals surface area contributed by atoms with Crippen LogP contribution in [0.15, 0.2) is 53.5 Å². The van der Waals surface area contributed by atoms with E-state index in [1.54, 1.807) is 0 Å². The van der Waals surface area contributed by atoms with Crippen LogP contribution in [0.1, 0.15) is 29.8 Å². The maximum absolute atomic E-state index is 12.0. The van der Waals surface area contributed by atoms with Crippen molar-refractivity contribution in [3.8, 4) is 0 Å². The molecule has 1 aromatic heterocycles. The molecule has 0 spiro atoms. The van der Waals surface area contributed by atoms with Crippen molar-refractivity contribution in [1.82, 2.24) is 15.2 Å². The normalized spacial score (nSPS) is 10.5. The number of nitrogens with one attached hydrogen (secondary N) is 2. The number of amides is 2. The first-order chi connectivity index (χ1) is 11.5. The van der Waals surface area contributed by atoms with E-state index in [1.807, 2.05) is 44.2 Å². The molecule has 0 saturated carbocycles. The Morgan fingerprint density at radius 1 is 1.08 bits per heavy atom. The molecule has 0 saturated heterocycles. The topological polar surface area (TPSA) is 80.2 Å². The third-order valence-corrected chi connectivity index (χ3v) is 3.31. The molecule has 6 heteroatoms. The second-order valence-corrected chi connectivity index (χ2v) is 5.77. The lowest BCUT2D eigenvalue weighted by molar-refractivity contribution is -0.121. The van der Waals surface area contributed by atoms with E-state index < -0.39 is 0 Å². The summed E-state index contributed by atoms with van der Waals surface area (Å²) in [7, 11) is 0. The lowest BCUT2D eigenvalue weighted by Crippen LogP contribution is -2.34. The van der Waals surface area contributed by atoms with Crippen LogP contribution in [0.4, 0.5) is 0 Å². The molecule has 0 fully saturated rings. The van der Waals surface area contributed by atoms with Crippen LogP contribution in [-0.2, 0) is 17.9 Å². The van der Waals surface area contributed by atoms with E-state index in [0.29, 0.717) is 12.1 Å². The average molecular weight is 327 g/mol. The summed E-state index contributed by atoms with van der Waals surface area (Å²) in [6.45, 7) is 3.96. The van der Waals surface area contributed by atoms with Crippen LogP contribution in [-0.4, -0.2) is 22.4 Å². The number of benzene rings is 1. The maximum Gasteiger partial charge on any atom is 0.252 e. The monoisotopic (exact) mass is 327 g/mol. The van der Waals surface area contributed by atoms with Crippen molar-refractivity contribution in [2.24, 2.45) is 0 Å². The van der Waals surface area contributed by atoms with Crippen LogP contribution < -0.4 is 16.2 Å². The quantitative estimate of drug-likeness (QED) is 0.839. The number of hydrogen-bond acceptors (Lipinski definition) is 3. The summed E-state index contributed by atoms with van der Waals surface area (Å²) in [6.07, 6.45) is 1.40. The highest BCUT2D eigenvalue weighted by atomic mass is 16.2. The van der Waals surface area contributed by atoms with Crippen molar-refractivity contribution in [3.63, 3.8) is 0 Å². The molecule has 1 aromatic carbocycles. The number of pyridine rings is 1. The van der Waals surface area contributed by atoms with Gasteiger partial charge in [0.05, 0.1) is 5.56 Å². The summed E-state index contributed by atoms with van der Waals surface area (Å²) in [5.41, 5.74) is 0.994. The highest BCUT2D eigenvalue weighted by Gasteiger charge is 2.10. The summed E-state index contributed by atoms with van der Waals surface area (Å²) in [5, 5.41) is 5.51. The van der Waals surface area contributed by atoms with Gasteiger partial charge in [-0.25, -0.2) is 0 Å². The lowest BCUT2D eigenvalue weighted by Gasteiger charge is -2.11. The number of aromatic nitrogens is 1. The molecule has 6 nitrogen and oxygen atoms in total. The number of carbonyl (C=O) groups is 2. The Morgan fingerprint density at radius 3 is 2.46 bits per heavy atom. The zero-order chi connectivity index (χ0) is 17.5. The van der Waals surface area contributed by atoms with Crippen LogP contribution in [0.3, 0.4) is 0 Å². The molecule has 2 aromatic rings. The Hall–Kier alpha value is -2.89. The lowest BCUT2D eigenvalue weighted by atomic mass is 10.2. The molecule has 2 N–H and O–H groups in total. The third kappa shape index (κ3) is 5.08. The zero-order valence-electron chi connectivity index (χ0n) is 13.8. The van der Waals surface area contributed by atoms with Gasteiger partial charge in [0.1, 0.15) is 6.54 Å². The number of rotatable bonds is 6. The molecule has 0 aliphatic carbocycles. The molecule has 126 valence electrons. The smallest absolute Gasteiger partial charge is 0.252 e. The first-order valence-corrected chi connectivity index (χ1v) is 7.77. The SMILES string of the molecule is CC(C)NC(=O)c1ccc(=O)n(CC(=O)NCc2ccccc2)c1. The van der Waals surface area contributed by atoms with E-state index >= 15 is 0 Å². The Bertz CT molecular complexity index is 767. The molecule has 24 heavy (non-hydrogen) atoms.